The van der Waals surface area contributed by atoms with Crippen LogP contribution in [0.25, 0.3) is 0 Å². The van der Waals surface area contributed by atoms with Crippen molar-refractivity contribution in [3.63, 3.8) is 0 Å². The molecular formula is C15H20N2O2S2. The normalized spacial score (nSPS) is 24.1. The zero-order chi connectivity index (χ0) is 14.9. The Morgan fingerprint density at radius 2 is 2.24 bits per heavy atom. The molecule has 1 aliphatic carbocycles. The molecule has 6 heteroatoms. The Morgan fingerprint density at radius 1 is 1.48 bits per heavy atom. The van der Waals surface area contributed by atoms with Gasteiger partial charge in [0.15, 0.2) is 0 Å². The fourth-order valence-electron chi connectivity index (χ4n) is 3.24. The molecule has 114 valence electrons. The average molecular weight is 324 g/mol. The van der Waals surface area contributed by atoms with Crippen molar-refractivity contribution < 1.29 is 9.53 Å². The summed E-state index contributed by atoms with van der Waals surface area (Å²) in [6.45, 7) is 1.08. The van der Waals surface area contributed by atoms with Crippen molar-refractivity contribution >= 4 is 34.5 Å². The van der Waals surface area contributed by atoms with Crippen LogP contribution >= 0.6 is 23.6 Å². The predicted octanol–water partition coefficient (Wildman–Crippen LogP) is 2.32. The molecule has 3 N–H and O–H groups in total. The highest BCUT2D eigenvalue weighted by Crippen LogP contribution is 2.36. The van der Waals surface area contributed by atoms with E-state index in [0.29, 0.717) is 31.0 Å². The van der Waals surface area contributed by atoms with Crippen molar-refractivity contribution in [3.05, 3.63) is 21.9 Å². The summed E-state index contributed by atoms with van der Waals surface area (Å²) in [4.78, 5) is 14.5. The molecule has 0 bridgehead atoms. The summed E-state index contributed by atoms with van der Waals surface area (Å²) in [6, 6.07) is 2.23. The van der Waals surface area contributed by atoms with E-state index in [0.717, 1.165) is 19.3 Å². The molecule has 1 unspecified atom stereocenters. The Labute approximate surface area is 134 Å². The summed E-state index contributed by atoms with van der Waals surface area (Å²) >= 11 is 6.97. The maximum absolute atomic E-state index is 12.8. The van der Waals surface area contributed by atoms with Gasteiger partial charge in [-0.3, -0.25) is 4.79 Å². The third-order valence-corrected chi connectivity index (χ3v) is 6.00. The second-order valence-corrected chi connectivity index (χ2v) is 7.22. The first-order valence-electron chi connectivity index (χ1n) is 7.38. The summed E-state index contributed by atoms with van der Waals surface area (Å²) in [5, 5.41) is 5.30. The third kappa shape index (κ3) is 2.72. The van der Waals surface area contributed by atoms with Crippen LogP contribution in [-0.2, 0) is 16.0 Å². The lowest BCUT2D eigenvalue weighted by Crippen LogP contribution is -2.52. The number of amides is 1. The maximum Gasteiger partial charge on any atom is 0.233 e. The van der Waals surface area contributed by atoms with Crippen LogP contribution in [0.15, 0.2) is 11.4 Å². The molecule has 21 heavy (non-hydrogen) atoms. The monoisotopic (exact) mass is 324 g/mol. The highest BCUT2D eigenvalue weighted by Gasteiger charge is 2.44. The minimum Gasteiger partial charge on any atom is -0.392 e. The van der Waals surface area contributed by atoms with E-state index in [1.54, 1.807) is 11.3 Å². The molecule has 4 nitrogen and oxygen atoms in total. The largest absolute Gasteiger partial charge is 0.392 e. The van der Waals surface area contributed by atoms with Crippen LogP contribution in [0.1, 0.15) is 42.2 Å². The van der Waals surface area contributed by atoms with E-state index >= 15 is 0 Å². The van der Waals surface area contributed by atoms with Crippen molar-refractivity contribution in [2.75, 3.05) is 13.2 Å². The molecule has 1 amide bonds. The first kappa shape index (κ1) is 14.9. The van der Waals surface area contributed by atoms with Crippen molar-refractivity contribution in [3.8, 4) is 0 Å². The number of thiophene rings is 1. The Hall–Kier alpha value is -0.980. The number of aryl methyl sites for hydroxylation is 1. The molecule has 2 heterocycles. The number of carbonyl (C=O) groups is 1. The molecule has 1 aromatic rings. The van der Waals surface area contributed by atoms with Crippen LogP contribution in [0.2, 0.25) is 0 Å². The SMILES string of the molecule is NC(=S)C1(C(=O)NC2CCCc3sccc32)CCOCC1. The van der Waals surface area contributed by atoms with Gasteiger partial charge in [-0.25, -0.2) is 0 Å². The number of thiocarbonyl (C=S) groups is 1. The molecule has 0 aromatic carbocycles. The van der Waals surface area contributed by atoms with Crippen LogP contribution in [0.5, 0.6) is 0 Å². The van der Waals surface area contributed by atoms with Crippen molar-refractivity contribution in [2.45, 2.75) is 38.1 Å². The van der Waals surface area contributed by atoms with E-state index in [1.807, 2.05) is 0 Å². The lowest BCUT2D eigenvalue weighted by atomic mass is 9.78. The van der Waals surface area contributed by atoms with Crippen molar-refractivity contribution in [1.82, 2.24) is 5.32 Å². The lowest BCUT2D eigenvalue weighted by Gasteiger charge is -2.36. The second-order valence-electron chi connectivity index (χ2n) is 5.78. The van der Waals surface area contributed by atoms with E-state index < -0.39 is 5.41 Å². The van der Waals surface area contributed by atoms with Gasteiger partial charge in [0.05, 0.1) is 11.0 Å². The maximum atomic E-state index is 12.8. The Balaban J connectivity index is 1.78. The smallest absolute Gasteiger partial charge is 0.233 e. The lowest BCUT2D eigenvalue weighted by molar-refractivity contribution is -0.132. The predicted molar refractivity (Wildman–Crippen MR) is 87.4 cm³/mol. The van der Waals surface area contributed by atoms with Crippen LogP contribution in [-0.4, -0.2) is 24.1 Å². The summed E-state index contributed by atoms with van der Waals surface area (Å²) < 4.78 is 5.37. The van der Waals surface area contributed by atoms with Gasteiger partial charge in [0.2, 0.25) is 5.91 Å². The van der Waals surface area contributed by atoms with Crippen LogP contribution in [0.3, 0.4) is 0 Å². The Kier molecular flexibility index (Phi) is 4.28. The molecule has 0 radical (unpaired) electrons. The van der Waals surface area contributed by atoms with Gasteiger partial charge in [0.25, 0.3) is 0 Å². The number of nitrogens with one attached hydrogen (secondary N) is 1. The highest BCUT2D eigenvalue weighted by atomic mass is 32.1. The zero-order valence-electron chi connectivity index (χ0n) is 11.9. The fourth-order valence-corrected chi connectivity index (χ4v) is 4.52. The third-order valence-electron chi connectivity index (χ3n) is 4.61. The number of hydrogen-bond acceptors (Lipinski definition) is 4. The van der Waals surface area contributed by atoms with Gasteiger partial charge in [-0.1, -0.05) is 12.2 Å². The van der Waals surface area contributed by atoms with Crippen LogP contribution in [0.4, 0.5) is 0 Å². The molecule has 1 fully saturated rings. The van der Waals surface area contributed by atoms with Gasteiger partial charge in [-0.2, -0.15) is 0 Å². The van der Waals surface area contributed by atoms with Gasteiger partial charge in [0, 0.05) is 18.1 Å². The first-order chi connectivity index (χ1) is 10.1. The summed E-state index contributed by atoms with van der Waals surface area (Å²) in [5.74, 6) is -0.0256. The fraction of sp³-hybridized carbons (Fsp3) is 0.600. The average Bonchev–Trinajstić information content (AvgIpc) is 2.97. The second kappa shape index (κ2) is 6.02. The molecule has 1 aliphatic heterocycles. The Morgan fingerprint density at radius 3 is 2.95 bits per heavy atom. The number of nitrogens with two attached hydrogens (primary N) is 1. The minimum absolute atomic E-state index is 0.0256. The van der Waals surface area contributed by atoms with Gasteiger partial charge >= 0.3 is 0 Å². The molecule has 1 aromatic heterocycles. The molecular weight excluding hydrogens is 304 g/mol. The minimum atomic E-state index is -0.735. The molecule has 1 saturated heterocycles. The van der Waals surface area contributed by atoms with Gasteiger partial charge in [-0.15, -0.1) is 11.3 Å². The number of carbonyl (C=O) groups excluding carboxylic acids is 1. The molecule has 0 saturated carbocycles. The van der Waals surface area contributed by atoms with E-state index in [4.69, 9.17) is 22.7 Å². The van der Waals surface area contributed by atoms with Crippen LogP contribution in [0, 0.1) is 5.41 Å². The van der Waals surface area contributed by atoms with E-state index in [2.05, 4.69) is 16.8 Å². The topological polar surface area (TPSA) is 64.4 Å². The number of fused-ring (bicyclic) bond motifs is 1. The van der Waals surface area contributed by atoms with Crippen molar-refractivity contribution in [2.24, 2.45) is 11.1 Å². The molecule has 2 aliphatic rings. The highest BCUT2D eigenvalue weighted by molar-refractivity contribution is 7.80. The van der Waals surface area contributed by atoms with Gasteiger partial charge in [0.1, 0.15) is 5.41 Å². The summed E-state index contributed by atoms with van der Waals surface area (Å²) in [7, 11) is 0. The molecule has 0 spiro atoms. The van der Waals surface area contributed by atoms with E-state index in [1.165, 1.54) is 10.4 Å². The number of ether oxygens (including phenoxy) is 1. The zero-order valence-corrected chi connectivity index (χ0v) is 13.5. The van der Waals surface area contributed by atoms with Crippen LogP contribution < -0.4 is 11.1 Å². The molecule has 1 atom stereocenters. The summed E-state index contributed by atoms with van der Waals surface area (Å²) in [6.07, 6.45) is 4.38. The van der Waals surface area contributed by atoms with Gasteiger partial charge < -0.3 is 15.8 Å². The standard InChI is InChI=1S/C15H20N2O2S2/c16-13(20)15(5-7-19-8-6-15)14(18)17-11-2-1-3-12-10(11)4-9-21-12/h4,9,11H,1-3,5-8H2,(H2,16,20)(H,17,18). The summed E-state index contributed by atoms with van der Waals surface area (Å²) in [5.41, 5.74) is 6.43. The van der Waals surface area contributed by atoms with Gasteiger partial charge in [-0.05, 0) is 49.1 Å². The quantitative estimate of drug-likeness (QED) is 0.838. The molecule has 3 rings (SSSR count). The number of rotatable bonds is 3. The van der Waals surface area contributed by atoms with E-state index in [9.17, 15) is 4.79 Å². The Bertz CT molecular complexity index is 550. The first-order valence-corrected chi connectivity index (χ1v) is 8.67. The number of hydrogen-bond donors (Lipinski definition) is 2. The van der Waals surface area contributed by atoms with Crippen molar-refractivity contribution in [1.29, 1.82) is 0 Å². The van der Waals surface area contributed by atoms with E-state index in [-0.39, 0.29) is 11.9 Å².